The fraction of sp³-hybridized carbons (Fsp3) is 0.278. The number of anilines is 1. The lowest BCUT2D eigenvalue weighted by Crippen LogP contribution is -2.40. The lowest BCUT2D eigenvalue weighted by Gasteiger charge is -2.20. The number of nitrogens with zero attached hydrogens (tertiary/aromatic N) is 2. The molecule has 0 aliphatic carbocycles. The Labute approximate surface area is 140 Å². The van der Waals surface area contributed by atoms with E-state index < -0.39 is 5.60 Å². The van der Waals surface area contributed by atoms with Gasteiger partial charge in [-0.15, -0.1) is 0 Å². The van der Waals surface area contributed by atoms with Crippen LogP contribution in [0, 0.1) is 6.92 Å². The average Bonchev–Trinajstić information content (AvgIpc) is 3.01. The highest BCUT2D eigenvalue weighted by atomic mass is 16.7. The van der Waals surface area contributed by atoms with Gasteiger partial charge in [-0.2, -0.15) is 0 Å². The zero-order valence-electron chi connectivity index (χ0n) is 13.9. The summed E-state index contributed by atoms with van der Waals surface area (Å²) in [7, 11) is 1.62. The van der Waals surface area contributed by atoms with Crippen LogP contribution in [0.25, 0.3) is 0 Å². The van der Waals surface area contributed by atoms with E-state index >= 15 is 0 Å². The molecule has 0 spiro atoms. The molecule has 1 aliphatic rings. The minimum atomic E-state index is -1.05. The van der Waals surface area contributed by atoms with Crippen LogP contribution >= 0.6 is 0 Å². The number of carbonyl (C=O) groups is 1. The quantitative estimate of drug-likeness (QED) is 0.938. The van der Waals surface area contributed by atoms with Gasteiger partial charge >= 0.3 is 0 Å². The van der Waals surface area contributed by atoms with Gasteiger partial charge in [-0.05, 0) is 55.3 Å². The van der Waals surface area contributed by atoms with Crippen molar-refractivity contribution in [3.63, 3.8) is 0 Å². The lowest BCUT2D eigenvalue weighted by atomic mass is 9.95. The van der Waals surface area contributed by atoms with Gasteiger partial charge in [-0.3, -0.25) is 4.79 Å². The number of amides is 1. The number of ether oxygens (including phenoxy) is 1. The van der Waals surface area contributed by atoms with Gasteiger partial charge in [-0.1, -0.05) is 11.2 Å². The van der Waals surface area contributed by atoms with Crippen LogP contribution in [-0.2, 0) is 9.63 Å². The Hall–Kier alpha value is -2.89. The van der Waals surface area contributed by atoms with Gasteiger partial charge in [0.1, 0.15) is 11.6 Å². The number of benzene rings is 1. The molecule has 2 aromatic rings. The predicted octanol–water partition coefficient (Wildman–Crippen LogP) is 2.92. The van der Waals surface area contributed by atoms with Crippen molar-refractivity contribution in [3.8, 4) is 5.75 Å². The molecule has 1 atom stereocenters. The highest BCUT2D eigenvalue weighted by Gasteiger charge is 2.42. The molecule has 1 N–H and O–H groups in total. The second kappa shape index (κ2) is 6.31. The first-order valence-electron chi connectivity index (χ1n) is 7.64. The maximum absolute atomic E-state index is 12.5. The van der Waals surface area contributed by atoms with Crippen LogP contribution in [0.5, 0.6) is 5.75 Å². The normalized spacial score (nSPS) is 19.4. The van der Waals surface area contributed by atoms with E-state index in [-0.39, 0.29) is 5.91 Å². The summed E-state index contributed by atoms with van der Waals surface area (Å²) in [4.78, 5) is 22.1. The van der Waals surface area contributed by atoms with Crippen LogP contribution in [0.15, 0.2) is 47.8 Å². The molecule has 6 nitrogen and oxygen atoms in total. The number of rotatable bonds is 4. The number of pyridine rings is 1. The Balaban J connectivity index is 1.69. The third-order valence-corrected chi connectivity index (χ3v) is 3.92. The molecule has 1 amide bonds. The topological polar surface area (TPSA) is 72.8 Å². The summed E-state index contributed by atoms with van der Waals surface area (Å²) in [5.41, 5.74) is 1.61. The van der Waals surface area contributed by atoms with E-state index in [4.69, 9.17) is 9.57 Å². The number of hydrogen-bond donors (Lipinski definition) is 1. The molecule has 0 unspecified atom stereocenters. The first-order valence-corrected chi connectivity index (χ1v) is 7.64. The SMILES string of the molecule is COc1ccc(C2=NO[C@](C)(C(=O)Nc3ccc(C)cn3)C2)cc1. The summed E-state index contributed by atoms with van der Waals surface area (Å²) >= 11 is 0. The van der Waals surface area contributed by atoms with Crippen molar-refractivity contribution in [3.05, 3.63) is 53.7 Å². The third-order valence-electron chi connectivity index (χ3n) is 3.92. The van der Waals surface area contributed by atoms with Gasteiger partial charge in [0.25, 0.3) is 5.91 Å². The highest BCUT2D eigenvalue weighted by Crippen LogP contribution is 2.28. The molecule has 1 aliphatic heterocycles. The lowest BCUT2D eigenvalue weighted by molar-refractivity contribution is -0.135. The molecule has 2 heterocycles. The molecule has 0 saturated heterocycles. The number of oxime groups is 1. The Bertz CT molecular complexity index is 769. The zero-order valence-corrected chi connectivity index (χ0v) is 13.9. The summed E-state index contributed by atoms with van der Waals surface area (Å²) in [6.45, 7) is 3.66. The maximum Gasteiger partial charge on any atom is 0.272 e. The van der Waals surface area contributed by atoms with Crippen LogP contribution in [0.2, 0.25) is 0 Å². The minimum absolute atomic E-state index is 0.272. The van der Waals surface area contributed by atoms with Gasteiger partial charge in [-0.25, -0.2) is 4.98 Å². The van der Waals surface area contributed by atoms with E-state index in [2.05, 4.69) is 15.5 Å². The van der Waals surface area contributed by atoms with Crippen LogP contribution < -0.4 is 10.1 Å². The minimum Gasteiger partial charge on any atom is -0.497 e. The Morgan fingerprint density at radius 2 is 2.00 bits per heavy atom. The van der Waals surface area contributed by atoms with Crippen molar-refractivity contribution in [2.24, 2.45) is 5.16 Å². The van der Waals surface area contributed by atoms with Gasteiger partial charge in [0.2, 0.25) is 5.60 Å². The molecule has 0 fully saturated rings. The Morgan fingerprint density at radius 1 is 1.25 bits per heavy atom. The van der Waals surface area contributed by atoms with E-state index in [1.165, 1.54) is 0 Å². The average molecular weight is 325 g/mol. The van der Waals surface area contributed by atoms with Gasteiger partial charge < -0.3 is 14.9 Å². The fourth-order valence-corrected chi connectivity index (χ4v) is 2.39. The molecule has 1 aromatic carbocycles. The molecule has 1 aromatic heterocycles. The summed E-state index contributed by atoms with van der Waals surface area (Å²) in [6, 6.07) is 11.1. The highest BCUT2D eigenvalue weighted by molar-refractivity contribution is 6.07. The second-order valence-corrected chi connectivity index (χ2v) is 5.94. The molecule has 0 bridgehead atoms. The number of aryl methyl sites for hydroxylation is 1. The van der Waals surface area contributed by atoms with Crippen molar-refractivity contribution >= 4 is 17.4 Å². The fourth-order valence-electron chi connectivity index (χ4n) is 2.39. The summed E-state index contributed by atoms with van der Waals surface area (Å²) in [6.07, 6.45) is 2.09. The first kappa shape index (κ1) is 16.0. The van der Waals surface area contributed by atoms with E-state index in [9.17, 15) is 4.79 Å². The largest absolute Gasteiger partial charge is 0.497 e. The smallest absolute Gasteiger partial charge is 0.272 e. The molecular weight excluding hydrogens is 306 g/mol. The van der Waals surface area contributed by atoms with Crippen LogP contribution in [0.4, 0.5) is 5.82 Å². The van der Waals surface area contributed by atoms with E-state index in [1.807, 2.05) is 37.3 Å². The van der Waals surface area contributed by atoms with E-state index in [1.54, 1.807) is 26.3 Å². The van der Waals surface area contributed by atoms with Gasteiger partial charge in [0.05, 0.1) is 12.8 Å². The number of nitrogens with one attached hydrogen (secondary N) is 1. The molecule has 0 radical (unpaired) electrons. The predicted molar refractivity (Wildman–Crippen MR) is 91.2 cm³/mol. The Kier molecular flexibility index (Phi) is 4.20. The molecule has 24 heavy (non-hydrogen) atoms. The second-order valence-electron chi connectivity index (χ2n) is 5.94. The number of carbonyl (C=O) groups excluding carboxylic acids is 1. The zero-order chi connectivity index (χ0) is 17.2. The first-order chi connectivity index (χ1) is 11.5. The molecular formula is C18H19N3O3. The maximum atomic E-state index is 12.5. The monoisotopic (exact) mass is 325 g/mol. The van der Waals surface area contributed by atoms with Gasteiger partial charge in [0.15, 0.2) is 0 Å². The van der Waals surface area contributed by atoms with Crippen molar-refractivity contribution in [1.82, 2.24) is 4.98 Å². The van der Waals surface area contributed by atoms with Crippen molar-refractivity contribution in [1.29, 1.82) is 0 Å². The molecule has 6 heteroatoms. The summed E-state index contributed by atoms with van der Waals surface area (Å²) in [5.74, 6) is 0.989. The van der Waals surface area contributed by atoms with Gasteiger partial charge in [0, 0.05) is 12.6 Å². The summed E-state index contributed by atoms with van der Waals surface area (Å²) in [5, 5.41) is 6.86. The van der Waals surface area contributed by atoms with Crippen LogP contribution in [-0.4, -0.2) is 29.3 Å². The third kappa shape index (κ3) is 3.22. The molecule has 124 valence electrons. The standard InChI is InChI=1S/C18H19N3O3/c1-12-4-9-16(19-11-12)20-17(22)18(2)10-15(21-24-18)13-5-7-14(23-3)8-6-13/h4-9,11H,10H2,1-3H3,(H,19,20,22)/t18-/m0/s1. The number of aromatic nitrogens is 1. The van der Waals surface area contributed by atoms with Crippen molar-refractivity contribution in [2.45, 2.75) is 25.9 Å². The molecule has 3 rings (SSSR count). The van der Waals surface area contributed by atoms with E-state index in [0.717, 1.165) is 22.6 Å². The number of methoxy groups -OCH3 is 1. The van der Waals surface area contributed by atoms with Crippen molar-refractivity contribution in [2.75, 3.05) is 12.4 Å². The van der Waals surface area contributed by atoms with Crippen LogP contribution in [0.3, 0.4) is 0 Å². The van der Waals surface area contributed by atoms with Crippen molar-refractivity contribution < 1.29 is 14.4 Å². The van der Waals surface area contributed by atoms with E-state index in [0.29, 0.717) is 12.2 Å². The summed E-state index contributed by atoms with van der Waals surface area (Å²) < 4.78 is 5.14. The number of hydrogen-bond acceptors (Lipinski definition) is 5. The molecule has 0 saturated carbocycles. The Morgan fingerprint density at radius 3 is 2.62 bits per heavy atom. The van der Waals surface area contributed by atoms with Crippen LogP contribution in [0.1, 0.15) is 24.5 Å².